The first-order valence-electron chi connectivity index (χ1n) is 6.17. The van der Waals surface area contributed by atoms with Crippen LogP contribution in [-0.2, 0) is 4.79 Å². The molecule has 0 amide bonds. The van der Waals surface area contributed by atoms with Crippen LogP contribution in [0.3, 0.4) is 0 Å². The lowest BCUT2D eigenvalue weighted by Gasteiger charge is -2.47. The Labute approximate surface area is 120 Å². The van der Waals surface area contributed by atoms with Gasteiger partial charge in [-0.15, -0.1) is 0 Å². The van der Waals surface area contributed by atoms with Crippen molar-refractivity contribution in [3.05, 3.63) is 21.6 Å². The maximum Gasteiger partial charge on any atom is 0.158 e. The molecule has 1 nitrogen and oxygen atoms in total. The van der Waals surface area contributed by atoms with E-state index in [-0.39, 0.29) is 11.3 Å². The van der Waals surface area contributed by atoms with Crippen LogP contribution in [0.5, 0.6) is 0 Å². The Bertz CT molecular complexity index is 386. The number of carbonyl (C=O) groups excluding carboxylic acids is 1. The van der Waals surface area contributed by atoms with E-state index in [0.717, 1.165) is 6.42 Å². The normalized spacial score (nSPS) is 42.5. The van der Waals surface area contributed by atoms with E-state index in [1.807, 2.05) is 4.99 Å². The molecule has 0 N–H and O–H groups in total. The maximum atomic E-state index is 11.8. The van der Waals surface area contributed by atoms with E-state index in [2.05, 4.69) is 51.8 Å². The molecule has 1 fully saturated rings. The van der Waals surface area contributed by atoms with Crippen LogP contribution in [0.2, 0.25) is 0 Å². The fourth-order valence-corrected chi connectivity index (χ4v) is 4.10. The monoisotopic (exact) mass is 360 g/mol. The fraction of sp³-hybridized carbons (Fsp3) is 0.643. The van der Waals surface area contributed by atoms with E-state index in [1.165, 1.54) is 17.3 Å². The first kappa shape index (κ1) is 13.5. The lowest BCUT2D eigenvalue weighted by Crippen LogP contribution is -2.41. The van der Waals surface area contributed by atoms with Crippen LogP contribution in [0.1, 0.15) is 33.1 Å². The highest BCUT2D eigenvalue weighted by atomic mass is 79.9. The predicted molar refractivity (Wildman–Crippen MR) is 78.2 cm³/mol. The Morgan fingerprint density at radius 1 is 1.59 bits per heavy atom. The summed E-state index contributed by atoms with van der Waals surface area (Å²) in [6, 6.07) is 0. The minimum absolute atomic E-state index is 0.170. The summed E-state index contributed by atoms with van der Waals surface area (Å²) in [7, 11) is 0. The summed E-state index contributed by atoms with van der Waals surface area (Å²) in [5.74, 6) is 1.52. The van der Waals surface area contributed by atoms with E-state index >= 15 is 0 Å². The molecular formula is C14H18Br2O. The number of hydrogen-bond donors (Lipinski definition) is 0. The molecule has 1 saturated carbocycles. The van der Waals surface area contributed by atoms with Gasteiger partial charge < -0.3 is 0 Å². The molecule has 3 heteroatoms. The summed E-state index contributed by atoms with van der Waals surface area (Å²) in [5, 5.41) is 0. The summed E-state index contributed by atoms with van der Waals surface area (Å²) >= 11 is 7.01. The van der Waals surface area contributed by atoms with Gasteiger partial charge in [0.25, 0.3) is 0 Å². The van der Waals surface area contributed by atoms with E-state index in [1.54, 1.807) is 6.08 Å². The van der Waals surface area contributed by atoms with Gasteiger partial charge in [0, 0.05) is 10.4 Å². The molecule has 0 aliphatic heterocycles. The highest BCUT2D eigenvalue weighted by Crippen LogP contribution is 2.52. The number of rotatable bonds is 1. The smallest absolute Gasteiger partial charge is 0.158 e. The van der Waals surface area contributed by atoms with E-state index in [9.17, 15) is 4.79 Å². The lowest BCUT2D eigenvalue weighted by molar-refractivity contribution is -0.122. The van der Waals surface area contributed by atoms with Crippen molar-refractivity contribution < 1.29 is 4.79 Å². The van der Waals surface area contributed by atoms with Gasteiger partial charge in [-0.1, -0.05) is 51.8 Å². The highest BCUT2D eigenvalue weighted by molar-refractivity contribution is 9.14. The van der Waals surface area contributed by atoms with Gasteiger partial charge in [0.05, 0.1) is 0 Å². The quantitative estimate of drug-likeness (QED) is 0.654. The molecule has 2 aliphatic rings. The van der Waals surface area contributed by atoms with Crippen molar-refractivity contribution in [3.63, 3.8) is 0 Å². The molecule has 2 rings (SSSR count). The zero-order valence-electron chi connectivity index (χ0n) is 10.2. The van der Waals surface area contributed by atoms with Gasteiger partial charge in [0.15, 0.2) is 5.78 Å². The summed E-state index contributed by atoms with van der Waals surface area (Å²) in [6.07, 6.45) is 7.43. The van der Waals surface area contributed by atoms with Gasteiger partial charge in [-0.3, -0.25) is 4.79 Å². The predicted octanol–water partition coefficient (Wildman–Crippen LogP) is 4.82. The van der Waals surface area contributed by atoms with Crippen molar-refractivity contribution in [2.45, 2.75) is 33.1 Å². The minimum atomic E-state index is 0.170. The first-order chi connectivity index (χ1) is 7.98. The molecular weight excluding hydrogens is 344 g/mol. The molecule has 0 aromatic rings. The van der Waals surface area contributed by atoms with Gasteiger partial charge >= 0.3 is 0 Å². The van der Waals surface area contributed by atoms with E-state index in [4.69, 9.17) is 0 Å². The Morgan fingerprint density at radius 2 is 2.29 bits per heavy atom. The maximum absolute atomic E-state index is 11.8. The second-order valence-electron chi connectivity index (χ2n) is 5.60. The largest absolute Gasteiger partial charge is 0.295 e. The topological polar surface area (TPSA) is 17.1 Å². The SMILES string of the molecule is C[C@H]1C(=O)C=C[C@]2(C)CC[C@@H](/C(Br)=C\Br)C[C@H]12. The molecule has 0 aromatic carbocycles. The second kappa shape index (κ2) is 5.00. The molecule has 0 aromatic heterocycles. The van der Waals surface area contributed by atoms with Crippen molar-refractivity contribution in [3.8, 4) is 0 Å². The standard InChI is InChI=1S/C14H18Br2O/c1-9-11-7-10(12(16)8-15)3-5-14(11,2)6-4-13(9)17/h4,6,8-11H,3,5,7H2,1-2H3/b12-8+/t9-,10-,11-,14+/m1/s1. The van der Waals surface area contributed by atoms with Crippen LogP contribution >= 0.6 is 31.9 Å². The Balaban J connectivity index is 2.24. The van der Waals surface area contributed by atoms with E-state index in [0.29, 0.717) is 17.6 Å². The molecule has 17 heavy (non-hydrogen) atoms. The average Bonchev–Trinajstić information content (AvgIpc) is 2.33. The van der Waals surface area contributed by atoms with Gasteiger partial charge in [0.2, 0.25) is 0 Å². The van der Waals surface area contributed by atoms with Crippen LogP contribution in [0, 0.1) is 23.2 Å². The lowest BCUT2D eigenvalue weighted by atomic mass is 9.57. The number of allylic oxidation sites excluding steroid dienone is 3. The molecule has 0 saturated heterocycles. The molecule has 0 radical (unpaired) electrons. The minimum Gasteiger partial charge on any atom is -0.295 e. The third-order valence-electron chi connectivity index (χ3n) is 4.59. The molecule has 0 spiro atoms. The number of ketones is 1. The van der Waals surface area contributed by atoms with Crippen molar-refractivity contribution in [1.82, 2.24) is 0 Å². The Morgan fingerprint density at radius 3 is 2.94 bits per heavy atom. The molecule has 0 unspecified atom stereocenters. The van der Waals surface area contributed by atoms with Crippen molar-refractivity contribution in [1.29, 1.82) is 0 Å². The zero-order chi connectivity index (χ0) is 12.6. The number of halogens is 2. The summed E-state index contributed by atoms with van der Waals surface area (Å²) in [4.78, 5) is 13.8. The first-order valence-corrected chi connectivity index (χ1v) is 7.87. The number of carbonyl (C=O) groups is 1. The van der Waals surface area contributed by atoms with Crippen molar-refractivity contribution >= 4 is 37.6 Å². The summed E-state index contributed by atoms with van der Waals surface area (Å²) in [6.45, 7) is 4.39. The van der Waals surface area contributed by atoms with Gasteiger partial charge in [-0.25, -0.2) is 0 Å². The molecule has 0 bridgehead atoms. The third kappa shape index (κ3) is 2.46. The summed E-state index contributed by atoms with van der Waals surface area (Å²) < 4.78 is 1.23. The van der Waals surface area contributed by atoms with Crippen molar-refractivity contribution in [2.75, 3.05) is 0 Å². The van der Waals surface area contributed by atoms with Crippen LogP contribution in [0.4, 0.5) is 0 Å². The van der Waals surface area contributed by atoms with Gasteiger partial charge in [-0.05, 0) is 47.6 Å². The van der Waals surface area contributed by atoms with Crippen LogP contribution < -0.4 is 0 Å². The van der Waals surface area contributed by atoms with E-state index < -0.39 is 0 Å². The molecule has 4 atom stereocenters. The van der Waals surface area contributed by atoms with Gasteiger partial charge in [0.1, 0.15) is 0 Å². The third-order valence-corrected chi connectivity index (χ3v) is 6.58. The number of fused-ring (bicyclic) bond motifs is 1. The summed E-state index contributed by atoms with van der Waals surface area (Å²) in [5.41, 5.74) is 0.226. The zero-order valence-corrected chi connectivity index (χ0v) is 13.4. The average molecular weight is 362 g/mol. The number of hydrogen-bond acceptors (Lipinski definition) is 1. The van der Waals surface area contributed by atoms with Crippen LogP contribution in [0.15, 0.2) is 21.6 Å². The van der Waals surface area contributed by atoms with Crippen LogP contribution in [0.25, 0.3) is 0 Å². The Hall–Kier alpha value is 0.110. The Kier molecular flexibility index (Phi) is 3.99. The molecule has 2 aliphatic carbocycles. The van der Waals surface area contributed by atoms with Gasteiger partial charge in [-0.2, -0.15) is 0 Å². The molecule has 0 heterocycles. The molecule has 94 valence electrons. The highest BCUT2D eigenvalue weighted by Gasteiger charge is 2.45. The van der Waals surface area contributed by atoms with Crippen LogP contribution in [-0.4, -0.2) is 5.78 Å². The van der Waals surface area contributed by atoms with Crippen molar-refractivity contribution in [2.24, 2.45) is 23.2 Å². The second-order valence-corrected chi connectivity index (χ2v) is 6.98. The fourth-order valence-electron chi connectivity index (χ4n) is 3.31.